The minimum absolute atomic E-state index is 0.0255. The summed E-state index contributed by atoms with van der Waals surface area (Å²) in [4.78, 5) is 35.2. The predicted molar refractivity (Wildman–Crippen MR) is 114 cm³/mol. The van der Waals surface area contributed by atoms with Crippen LogP contribution in [-0.4, -0.2) is 43.6 Å². The van der Waals surface area contributed by atoms with Gasteiger partial charge in [0.15, 0.2) is 5.65 Å². The summed E-state index contributed by atoms with van der Waals surface area (Å²) in [5.74, 6) is 1.41. The molecule has 1 saturated carbocycles. The first kappa shape index (κ1) is 19.0. The molecule has 1 aromatic carbocycles. The topological polar surface area (TPSA) is 83.9 Å². The Labute approximate surface area is 175 Å². The van der Waals surface area contributed by atoms with Crippen LogP contribution in [-0.2, 0) is 6.42 Å². The number of likely N-dealkylation sites (tertiary alicyclic amines) is 1. The third-order valence-corrected chi connectivity index (χ3v) is 6.52. The molecule has 1 saturated heterocycles. The number of carbonyl (C=O) groups is 1. The fraction of sp³-hybridized carbons (Fsp3) is 0.478. The highest BCUT2D eigenvalue weighted by atomic mass is 16.2. The van der Waals surface area contributed by atoms with E-state index < -0.39 is 0 Å². The molecular formula is C23H27N5O2. The second kappa shape index (κ2) is 8.05. The van der Waals surface area contributed by atoms with E-state index in [2.05, 4.69) is 10.1 Å². The SMILES string of the molecule is O=C(c1ccccc1)N1CCCC(n2ncc3c(=O)[nH]c(CC4CCCC4)nc32)C1. The lowest BCUT2D eigenvalue weighted by Crippen LogP contribution is -2.41. The maximum absolute atomic E-state index is 12.9. The second-order valence-corrected chi connectivity index (χ2v) is 8.61. The maximum atomic E-state index is 12.9. The van der Waals surface area contributed by atoms with Gasteiger partial charge in [0.25, 0.3) is 11.5 Å². The van der Waals surface area contributed by atoms with Gasteiger partial charge < -0.3 is 9.88 Å². The zero-order chi connectivity index (χ0) is 20.5. The number of benzene rings is 1. The average Bonchev–Trinajstić information content (AvgIpc) is 3.44. The summed E-state index contributed by atoms with van der Waals surface area (Å²) in [6.45, 7) is 1.32. The standard InChI is InChI=1S/C23H27N5O2/c29-22-19-14-24-28(21(19)25-20(26-22)13-16-7-4-5-8-16)18-11-6-12-27(15-18)23(30)17-9-2-1-3-10-17/h1-3,9-10,14,16,18H,4-8,11-13,15H2,(H,25,26,29). The van der Waals surface area contributed by atoms with Crippen LogP contribution in [0.25, 0.3) is 11.0 Å². The molecule has 30 heavy (non-hydrogen) atoms. The van der Waals surface area contributed by atoms with Crippen molar-refractivity contribution >= 4 is 16.9 Å². The van der Waals surface area contributed by atoms with E-state index in [9.17, 15) is 9.59 Å². The summed E-state index contributed by atoms with van der Waals surface area (Å²) in [7, 11) is 0. The van der Waals surface area contributed by atoms with E-state index in [1.807, 2.05) is 39.9 Å². The number of hydrogen-bond donors (Lipinski definition) is 1. The normalized spacial score (nSPS) is 20.1. The lowest BCUT2D eigenvalue weighted by Gasteiger charge is -2.33. The molecule has 2 fully saturated rings. The number of H-pyrrole nitrogens is 1. The molecule has 1 atom stereocenters. The lowest BCUT2D eigenvalue weighted by molar-refractivity contribution is 0.0675. The molecule has 156 valence electrons. The fourth-order valence-electron chi connectivity index (χ4n) is 4.94. The minimum Gasteiger partial charge on any atom is -0.337 e. The van der Waals surface area contributed by atoms with Crippen molar-refractivity contribution in [1.29, 1.82) is 0 Å². The minimum atomic E-state index is -0.118. The number of nitrogens with zero attached hydrogens (tertiary/aromatic N) is 4. The van der Waals surface area contributed by atoms with Crippen LogP contribution in [0.5, 0.6) is 0 Å². The zero-order valence-electron chi connectivity index (χ0n) is 17.1. The quantitative estimate of drug-likeness (QED) is 0.722. The van der Waals surface area contributed by atoms with Gasteiger partial charge in [0, 0.05) is 25.1 Å². The Hall–Kier alpha value is -2.96. The number of piperidine rings is 1. The molecule has 1 amide bonds. The maximum Gasteiger partial charge on any atom is 0.262 e. The largest absolute Gasteiger partial charge is 0.337 e. The van der Waals surface area contributed by atoms with Crippen molar-refractivity contribution in [2.75, 3.05) is 13.1 Å². The average molecular weight is 406 g/mol. The number of carbonyl (C=O) groups excluding carboxylic acids is 1. The number of rotatable bonds is 4. The van der Waals surface area contributed by atoms with Crippen LogP contribution in [0.2, 0.25) is 0 Å². The number of fused-ring (bicyclic) bond motifs is 1. The first-order valence-electron chi connectivity index (χ1n) is 11.0. The molecule has 0 spiro atoms. The van der Waals surface area contributed by atoms with E-state index in [0.29, 0.717) is 29.1 Å². The summed E-state index contributed by atoms with van der Waals surface area (Å²) in [6.07, 6.45) is 9.20. The van der Waals surface area contributed by atoms with Gasteiger partial charge in [-0.25, -0.2) is 9.67 Å². The monoisotopic (exact) mass is 405 g/mol. The van der Waals surface area contributed by atoms with Crippen molar-refractivity contribution in [3.05, 3.63) is 58.3 Å². The Balaban J connectivity index is 1.41. The third kappa shape index (κ3) is 3.64. The van der Waals surface area contributed by atoms with Crippen LogP contribution < -0.4 is 5.56 Å². The van der Waals surface area contributed by atoms with E-state index in [-0.39, 0.29) is 17.5 Å². The second-order valence-electron chi connectivity index (χ2n) is 8.61. The zero-order valence-corrected chi connectivity index (χ0v) is 17.1. The molecular weight excluding hydrogens is 378 g/mol. The van der Waals surface area contributed by atoms with Gasteiger partial charge in [0.2, 0.25) is 0 Å². The van der Waals surface area contributed by atoms with Gasteiger partial charge in [0.05, 0.1) is 12.2 Å². The Bertz CT molecular complexity index is 1100. The van der Waals surface area contributed by atoms with Gasteiger partial charge in [0.1, 0.15) is 11.2 Å². The highest BCUT2D eigenvalue weighted by Gasteiger charge is 2.28. The van der Waals surface area contributed by atoms with Gasteiger partial charge >= 0.3 is 0 Å². The Kier molecular flexibility index (Phi) is 5.11. The van der Waals surface area contributed by atoms with Crippen LogP contribution in [0.1, 0.15) is 60.7 Å². The van der Waals surface area contributed by atoms with E-state index in [1.54, 1.807) is 6.20 Å². The van der Waals surface area contributed by atoms with Crippen molar-refractivity contribution in [3.8, 4) is 0 Å². The van der Waals surface area contributed by atoms with Crippen LogP contribution in [0.15, 0.2) is 41.3 Å². The molecule has 7 nitrogen and oxygen atoms in total. The number of nitrogens with one attached hydrogen (secondary N) is 1. The van der Waals surface area contributed by atoms with Crippen molar-refractivity contribution < 1.29 is 4.79 Å². The number of amides is 1. The van der Waals surface area contributed by atoms with Crippen LogP contribution in [0.3, 0.4) is 0 Å². The van der Waals surface area contributed by atoms with Crippen molar-refractivity contribution in [2.45, 2.75) is 51.0 Å². The van der Waals surface area contributed by atoms with E-state index in [1.165, 1.54) is 25.7 Å². The predicted octanol–water partition coefficient (Wildman–Crippen LogP) is 3.33. The molecule has 1 unspecified atom stereocenters. The smallest absolute Gasteiger partial charge is 0.262 e. The molecule has 2 aromatic heterocycles. The van der Waals surface area contributed by atoms with Crippen LogP contribution in [0, 0.1) is 5.92 Å². The summed E-state index contributed by atoms with van der Waals surface area (Å²) < 4.78 is 1.87. The highest BCUT2D eigenvalue weighted by molar-refractivity contribution is 5.94. The molecule has 0 radical (unpaired) electrons. The molecule has 2 aliphatic rings. The molecule has 1 aliphatic heterocycles. The number of aromatic amines is 1. The summed E-state index contributed by atoms with van der Waals surface area (Å²) in [5.41, 5.74) is 1.23. The van der Waals surface area contributed by atoms with Gasteiger partial charge in [-0.2, -0.15) is 5.10 Å². The summed E-state index contributed by atoms with van der Waals surface area (Å²) in [5, 5.41) is 5.04. The van der Waals surface area contributed by atoms with Gasteiger partial charge in [-0.05, 0) is 30.9 Å². The summed E-state index contributed by atoms with van der Waals surface area (Å²) >= 11 is 0. The van der Waals surface area contributed by atoms with Gasteiger partial charge in [-0.3, -0.25) is 9.59 Å². The van der Waals surface area contributed by atoms with Crippen molar-refractivity contribution in [3.63, 3.8) is 0 Å². The summed E-state index contributed by atoms with van der Waals surface area (Å²) in [6, 6.07) is 9.42. The lowest BCUT2D eigenvalue weighted by atomic mass is 10.0. The molecule has 7 heteroatoms. The van der Waals surface area contributed by atoms with E-state index in [4.69, 9.17) is 4.98 Å². The fourth-order valence-corrected chi connectivity index (χ4v) is 4.94. The highest BCUT2D eigenvalue weighted by Crippen LogP contribution is 2.28. The van der Waals surface area contributed by atoms with Crippen LogP contribution in [0.4, 0.5) is 0 Å². The number of hydrogen-bond acceptors (Lipinski definition) is 4. The van der Waals surface area contributed by atoms with Crippen molar-refractivity contribution in [1.82, 2.24) is 24.6 Å². The Morgan fingerprint density at radius 1 is 1.10 bits per heavy atom. The molecule has 1 aliphatic carbocycles. The van der Waals surface area contributed by atoms with Crippen LogP contribution >= 0.6 is 0 Å². The van der Waals surface area contributed by atoms with E-state index >= 15 is 0 Å². The van der Waals surface area contributed by atoms with E-state index in [0.717, 1.165) is 31.6 Å². The molecule has 3 aromatic rings. The number of aromatic nitrogens is 4. The first-order valence-corrected chi connectivity index (χ1v) is 11.0. The van der Waals surface area contributed by atoms with Gasteiger partial charge in [-0.15, -0.1) is 0 Å². The van der Waals surface area contributed by atoms with Crippen molar-refractivity contribution in [2.24, 2.45) is 5.92 Å². The molecule has 1 N–H and O–H groups in total. The molecule has 3 heterocycles. The van der Waals surface area contributed by atoms with Gasteiger partial charge in [-0.1, -0.05) is 43.9 Å². The Morgan fingerprint density at radius 2 is 1.90 bits per heavy atom. The molecule has 0 bridgehead atoms. The third-order valence-electron chi connectivity index (χ3n) is 6.52. The Morgan fingerprint density at radius 3 is 2.70 bits per heavy atom. The molecule has 5 rings (SSSR count). The first-order chi connectivity index (χ1) is 14.7.